The summed E-state index contributed by atoms with van der Waals surface area (Å²) in [5.74, 6) is 0. The average Bonchev–Trinajstić information content (AvgIpc) is 2.67. The van der Waals surface area contributed by atoms with Crippen molar-refractivity contribution < 1.29 is 0 Å². The Morgan fingerprint density at radius 3 is 2.27 bits per heavy atom. The minimum atomic E-state index is 0.148. The summed E-state index contributed by atoms with van der Waals surface area (Å²) in [5, 5.41) is 10.8. The smallest absolute Gasteiger partial charge is 0.0598 e. The molecule has 0 heterocycles. The average molecular weight is 229 g/mol. The molecular weight excluding hydrogens is 202 g/mol. The Bertz CT molecular complexity index is 192. The van der Waals surface area contributed by atoms with Gasteiger partial charge in [-0.1, -0.05) is 19.8 Å². The molecule has 4 heteroatoms. The predicted molar refractivity (Wildman–Crippen MR) is 70.3 cm³/mol. The van der Waals surface area contributed by atoms with E-state index in [1.807, 2.05) is 7.05 Å². The maximum Gasteiger partial charge on any atom is 0.0598 e. The number of hydrogen-bond donors (Lipinski definition) is 3. The van der Waals surface area contributed by atoms with Gasteiger partial charge in [-0.05, 0) is 33.4 Å². The van der Waals surface area contributed by atoms with Crippen molar-refractivity contribution in [1.82, 2.24) is 16.0 Å². The summed E-state index contributed by atoms with van der Waals surface area (Å²) in [4.78, 5) is 0. The molecule has 0 radical (unpaired) electrons. The van der Waals surface area contributed by atoms with Crippen molar-refractivity contribution >= 4 is 10.2 Å². The number of hydrogen-bond acceptors (Lipinski definition) is 3. The second kappa shape index (κ2) is 5.43. The molecule has 0 aromatic heterocycles. The fourth-order valence-electron chi connectivity index (χ4n) is 2.75. The molecule has 0 saturated heterocycles. The Labute approximate surface area is 97.2 Å². The van der Waals surface area contributed by atoms with Crippen LogP contribution in [0.2, 0.25) is 0 Å². The van der Waals surface area contributed by atoms with E-state index in [0.717, 1.165) is 16.8 Å². The van der Waals surface area contributed by atoms with E-state index in [1.165, 1.54) is 32.1 Å². The first-order valence-corrected chi connectivity index (χ1v) is 7.22. The van der Waals surface area contributed by atoms with Crippen molar-refractivity contribution in [3.8, 4) is 0 Å². The number of likely N-dealkylation sites (N-methyl/N-ethyl adjacent to an activating group) is 2. The third kappa shape index (κ3) is 3.28. The first-order chi connectivity index (χ1) is 7.10. The van der Waals surface area contributed by atoms with Crippen molar-refractivity contribution in [2.24, 2.45) is 0 Å². The van der Waals surface area contributed by atoms with Gasteiger partial charge in [-0.15, -0.1) is 0 Å². The third-order valence-corrected chi connectivity index (χ3v) is 4.96. The first-order valence-electron chi connectivity index (χ1n) is 6.22. The summed E-state index contributed by atoms with van der Waals surface area (Å²) in [6.07, 6.45) is 6.73. The molecule has 1 rings (SSSR count). The monoisotopic (exact) mass is 229 g/mol. The second-order valence-corrected chi connectivity index (χ2v) is 6.79. The molecule has 1 unspecified atom stereocenters. The topological polar surface area (TPSA) is 36.1 Å². The molecule has 3 nitrogen and oxygen atoms in total. The Balaban J connectivity index is 2.62. The zero-order chi connectivity index (χ0) is 11.4. The van der Waals surface area contributed by atoms with Crippen LogP contribution in [0.15, 0.2) is 0 Å². The Morgan fingerprint density at radius 1 is 1.27 bits per heavy atom. The van der Waals surface area contributed by atoms with Gasteiger partial charge in [-0.2, -0.15) is 0 Å². The zero-order valence-corrected chi connectivity index (χ0v) is 12.7. The van der Waals surface area contributed by atoms with Crippen molar-refractivity contribution in [3.05, 3.63) is 0 Å². The van der Waals surface area contributed by atoms with E-state index >= 15 is 0 Å². The summed E-state index contributed by atoms with van der Waals surface area (Å²) < 4.78 is 0. The summed E-state index contributed by atoms with van der Waals surface area (Å²) in [6.45, 7) is 3.33. The van der Waals surface area contributed by atoms with Crippen molar-refractivity contribution in [2.45, 2.75) is 49.9 Å². The molecule has 1 saturated carbocycles. The Kier molecular flexibility index (Phi) is 4.77. The SMILES string of the molecule is CCC1(NC([SiH3])(CNC)NC)CCCC1. The molecule has 1 aliphatic rings. The van der Waals surface area contributed by atoms with Gasteiger partial charge in [0.2, 0.25) is 0 Å². The molecule has 0 spiro atoms. The van der Waals surface area contributed by atoms with Crippen LogP contribution in [0.4, 0.5) is 0 Å². The summed E-state index contributed by atoms with van der Waals surface area (Å²) >= 11 is 0. The Hall–Kier alpha value is 0.0969. The van der Waals surface area contributed by atoms with Gasteiger partial charge < -0.3 is 10.6 Å². The number of nitrogens with one attached hydrogen (secondary N) is 3. The number of rotatable bonds is 6. The normalized spacial score (nSPS) is 24.2. The zero-order valence-electron chi connectivity index (χ0n) is 10.7. The maximum atomic E-state index is 3.89. The molecule has 1 atom stereocenters. The largest absolute Gasteiger partial charge is 0.317 e. The van der Waals surface area contributed by atoms with Crippen LogP contribution in [0, 0.1) is 0 Å². The van der Waals surface area contributed by atoms with Crippen LogP contribution in [-0.2, 0) is 0 Å². The first kappa shape index (κ1) is 13.2. The van der Waals surface area contributed by atoms with Crippen LogP contribution in [0.25, 0.3) is 0 Å². The quantitative estimate of drug-likeness (QED) is 0.434. The van der Waals surface area contributed by atoms with Crippen LogP contribution in [0.5, 0.6) is 0 Å². The predicted octanol–water partition coefficient (Wildman–Crippen LogP) is -0.243. The van der Waals surface area contributed by atoms with Gasteiger partial charge in [0.25, 0.3) is 0 Å². The standard InChI is InChI=1S/C11H27N3Si/c1-4-10(7-5-6-8-10)14-11(15,13-3)9-12-2/h12-14H,4-9H2,1-3,15H3. The van der Waals surface area contributed by atoms with Crippen molar-refractivity contribution in [3.63, 3.8) is 0 Å². The lowest BCUT2D eigenvalue weighted by Gasteiger charge is -2.41. The van der Waals surface area contributed by atoms with Gasteiger partial charge in [0, 0.05) is 22.3 Å². The molecule has 90 valence electrons. The fourth-order valence-corrected chi connectivity index (χ4v) is 3.64. The fraction of sp³-hybridized carbons (Fsp3) is 1.00. The molecule has 0 amide bonds. The molecule has 0 aromatic rings. The van der Waals surface area contributed by atoms with Crippen LogP contribution in [0.1, 0.15) is 39.0 Å². The second-order valence-electron chi connectivity index (χ2n) is 5.08. The van der Waals surface area contributed by atoms with E-state index in [1.54, 1.807) is 0 Å². The van der Waals surface area contributed by atoms with Gasteiger partial charge >= 0.3 is 0 Å². The highest BCUT2D eigenvalue weighted by atomic mass is 28.1. The summed E-state index contributed by atoms with van der Waals surface area (Å²) in [7, 11) is 5.21. The van der Waals surface area contributed by atoms with E-state index in [9.17, 15) is 0 Å². The van der Waals surface area contributed by atoms with Crippen LogP contribution in [0.3, 0.4) is 0 Å². The van der Waals surface area contributed by atoms with Gasteiger partial charge in [-0.3, -0.25) is 5.32 Å². The molecular formula is C11H27N3Si. The lowest BCUT2D eigenvalue weighted by Crippen LogP contribution is -2.67. The summed E-state index contributed by atoms with van der Waals surface area (Å²) in [6, 6.07) is 0. The third-order valence-electron chi connectivity index (χ3n) is 3.86. The highest BCUT2D eigenvalue weighted by Crippen LogP contribution is 2.33. The van der Waals surface area contributed by atoms with Gasteiger partial charge in [0.15, 0.2) is 0 Å². The minimum absolute atomic E-state index is 0.148. The summed E-state index contributed by atoms with van der Waals surface area (Å²) in [5.41, 5.74) is 0.404. The van der Waals surface area contributed by atoms with E-state index in [0.29, 0.717) is 5.54 Å². The molecule has 1 fully saturated rings. The minimum Gasteiger partial charge on any atom is -0.317 e. The van der Waals surface area contributed by atoms with Gasteiger partial charge in [0.1, 0.15) is 0 Å². The van der Waals surface area contributed by atoms with Crippen LogP contribution < -0.4 is 16.0 Å². The molecule has 1 aliphatic carbocycles. The molecule has 0 aliphatic heterocycles. The molecule has 0 bridgehead atoms. The lowest BCUT2D eigenvalue weighted by atomic mass is 9.93. The molecule has 0 aromatic carbocycles. The highest BCUT2D eigenvalue weighted by Gasteiger charge is 2.37. The van der Waals surface area contributed by atoms with E-state index in [2.05, 4.69) is 29.9 Å². The van der Waals surface area contributed by atoms with Gasteiger partial charge in [-0.25, -0.2) is 0 Å². The van der Waals surface area contributed by atoms with Crippen molar-refractivity contribution in [2.75, 3.05) is 20.6 Å². The van der Waals surface area contributed by atoms with Gasteiger partial charge in [0.05, 0.1) is 5.29 Å². The van der Waals surface area contributed by atoms with E-state index < -0.39 is 0 Å². The maximum absolute atomic E-state index is 3.89. The van der Waals surface area contributed by atoms with E-state index in [4.69, 9.17) is 0 Å². The lowest BCUT2D eigenvalue weighted by molar-refractivity contribution is 0.232. The van der Waals surface area contributed by atoms with Crippen LogP contribution >= 0.6 is 0 Å². The highest BCUT2D eigenvalue weighted by molar-refractivity contribution is 6.15. The molecule has 3 N–H and O–H groups in total. The van der Waals surface area contributed by atoms with E-state index in [-0.39, 0.29) is 5.29 Å². The molecule has 15 heavy (non-hydrogen) atoms. The van der Waals surface area contributed by atoms with Crippen LogP contribution in [-0.4, -0.2) is 41.7 Å². The Morgan fingerprint density at radius 2 is 1.87 bits per heavy atom. The van der Waals surface area contributed by atoms with Crippen molar-refractivity contribution in [1.29, 1.82) is 0 Å².